The lowest BCUT2D eigenvalue weighted by Crippen LogP contribution is -2.27. The first-order valence-electron chi connectivity index (χ1n) is 6.63. The van der Waals surface area contributed by atoms with E-state index in [2.05, 4.69) is 0 Å². The first-order chi connectivity index (χ1) is 11.0. The van der Waals surface area contributed by atoms with Crippen molar-refractivity contribution in [1.82, 2.24) is 0 Å². The van der Waals surface area contributed by atoms with Crippen molar-refractivity contribution in [3.05, 3.63) is 58.4 Å². The molecule has 116 valence electrons. The van der Waals surface area contributed by atoms with E-state index < -0.39 is 5.97 Å². The van der Waals surface area contributed by atoms with Crippen LogP contribution in [0.5, 0.6) is 0 Å². The summed E-state index contributed by atoms with van der Waals surface area (Å²) in [5.74, 6) is -0.0290. The first-order valence-corrected chi connectivity index (χ1v) is 7.86. The summed E-state index contributed by atoms with van der Waals surface area (Å²) in [6, 6.07) is 9.70. The van der Waals surface area contributed by atoms with Crippen molar-refractivity contribution >= 4 is 51.9 Å². The van der Waals surface area contributed by atoms with E-state index >= 15 is 0 Å². The summed E-state index contributed by atoms with van der Waals surface area (Å²) in [6.45, 7) is 1.82. The van der Waals surface area contributed by atoms with Crippen LogP contribution in [0.3, 0.4) is 0 Å². The van der Waals surface area contributed by atoms with Crippen molar-refractivity contribution in [2.75, 3.05) is 4.90 Å². The lowest BCUT2D eigenvalue weighted by Gasteiger charge is -2.14. The number of amides is 1. The molecule has 5 nitrogen and oxygen atoms in total. The van der Waals surface area contributed by atoms with Gasteiger partial charge in [-0.25, -0.2) is 4.79 Å². The fraction of sp³-hybridized carbons (Fsp3) is 0.0625. The van der Waals surface area contributed by atoms with Gasteiger partial charge in [0.2, 0.25) is 0 Å². The van der Waals surface area contributed by atoms with Gasteiger partial charge in [-0.15, -0.1) is 0 Å². The minimum atomic E-state index is -1.06. The van der Waals surface area contributed by atoms with E-state index in [1.807, 2.05) is 13.0 Å². The minimum absolute atomic E-state index is 0.0992. The molecule has 0 radical (unpaired) electrons. The van der Waals surface area contributed by atoms with Crippen molar-refractivity contribution in [3.63, 3.8) is 0 Å². The van der Waals surface area contributed by atoms with Crippen LogP contribution in [0.4, 0.5) is 5.69 Å². The fourth-order valence-electron chi connectivity index (χ4n) is 2.13. The summed E-state index contributed by atoms with van der Waals surface area (Å²) in [4.78, 5) is 25.4. The number of carbonyl (C=O) groups is 2. The van der Waals surface area contributed by atoms with Crippen LogP contribution >= 0.6 is 24.0 Å². The largest absolute Gasteiger partial charge is 0.478 e. The molecule has 1 aliphatic heterocycles. The Morgan fingerprint density at radius 1 is 1.35 bits per heavy atom. The van der Waals surface area contributed by atoms with E-state index in [0.29, 0.717) is 20.7 Å². The smallest absolute Gasteiger partial charge is 0.335 e. The van der Waals surface area contributed by atoms with E-state index in [1.165, 1.54) is 17.0 Å². The number of aryl methyl sites for hydroxylation is 1. The Kier molecular flexibility index (Phi) is 4.06. The summed E-state index contributed by atoms with van der Waals surface area (Å²) in [6.07, 6.45) is 1.63. The van der Waals surface area contributed by atoms with E-state index in [9.17, 15) is 9.59 Å². The Morgan fingerprint density at radius 3 is 2.78 bits per heavy atom. The van der Waals surface area contributed by atoms with Crippen LogP contribution < -0.4 is 4.90 Å². The Hall–Kier alpha value is -2.38. The lowest BCUT2D eigenvalue weighted by molar-refractivity contribution is -0.113. The van der Waals surface area contributed by atoms with Gasteiger partial charge in [0.25, 0.3) is 5.91 Å². The highest BCUT2D eigenvalue weighted by molar-refractivity contribution is 8.27. The molecule has 7 heteroatoms. The molecule has 2 heterocycles. The Morgan fingerprint density at radius 2 is 2.13 bits per heavy atom. The maximum Gasteiger partial charge on any atom is 0.335 e. The van der Waals surface area contributed by atoms with Crippen LogP contribution in [-0.4, -0.2) is 21.3 Å². The van der Waals surface area contributed by atoms with E-state index in [1.54, 1.807) is 24.3 Å². The summed E-state index contributed by atoms with van der Waals surface area (Å²) in [5.41, 5.74) is 0.536. The second kappa shape index (κ2) is 6.02. The molecule has 1 amide bonds. The lowest BCUT2D eigenvalue weighted by atomic mass is 10.2. The van der Waals surface area contributed by atoms with Crippen molar-refractivity contribution in [1.29, 1.82) is 0 Å². The van der Waals surface area contributed by atoms with Gasteiger partial charge in [-0.3, -0.25) is 9.69 Å². The third-order valence-corrected chi connectivity index (χ3v) is 4.48. The van der Waals surface area contributed by atoms with Crippen molar-refractivity contribution in [3.8, 4) is 0 Å². The zero-order valence-corrected chi connectivity index (χ0v) is 13.6. The van der Waals surface area contributed by atoms with Crippen LogP contribution in [0.15, 0.2) is 45.7 Å². The van der Waals surface area contributed by atoms with Crippen molar-refractivity contribution in [2.45, 2.75) is 6.92 Å². The molecule has 0 unspecified atom stereocenters. The number of benzene rings is 1. The summed E-state index contributed by atoms with van der Waals surface area (Å²) in [5, 5.41) is 9.07. The maximum atomic E-state index is 12.6. The van der Waals surface area contributed by atoms with Gasteiger partial charge in [-0.2, -0.15) is 0 Å². The quantitative estimate of drug-likeness (QED) is 0.676. The van der Waals surface area contributed by atoms with E-state index in [4.69, 9.17) is 21.7 Å². The molecule has 1 saturated heterocycles. The van der Waals surface area contributed by atoms with Gasteiger partial charge in [0.1, 0.15) is 11.5 Å². The zero-order chi connectivity index (χ0) is 16.6. The number of thiocarbonyl (C=S) groups is 1. The first kappa shape index (κ1) is 15.5. The standard InChI is InChI=1S/C16H11NO4S2/c1-9-5-6-12(21-9)8-13-14(18)17(16(22)23-13)11-4-2-3-10(7-11)15(19)20/h2-8H,1H3,(H,19,20). The third kappa shape index (κ3) is 3.06. The second-order valence-electron chi connectivity index (χ2n) is 4.82. The van der Waals surface area contributed by atoms with Gasteiger partial charge >= 0.3 is 5.97 Å². The van der Waals surface area contributed by atoms with Gasteiger partial charge in [0, 0.05) is 6.08 Å². The molecule has 0 saturated carbocycles. The highest BCUT2D eigenvalue weighted by Gasteiger charge is 2.33. The number of nitrogens with zero attached hydrogens (tertiary/aromatic N) is 1. The number of hydrogen-bond acceptors (Lipinski definition) is 5. The fourth-order valence-corrected chi connectivity index (χ4v) is 3.41. The number of hydrogen-bond donors (Lipinski definition) is 1. The Balaban J connectivity index is 1.94. The summed E-state index contributed by atoms with van der Waals surface area (Å²) >= 11 is 6.41. The van der Waals surface area contributed by atoms with Crippen LogP contribution in [0.25, 0.3) is 6.08 Å². The highest BCUT2D eigenvalue weighted by Crippen LogP contribution is 2.36. The van der Waals surface area contributed by atoms with Gasteiger partial charge < -0.3 is 9.52 Å². The van der Waals surface area contributed by atoms with Crippen molar-refractivity contribution < 1.29 is 19.1 Å². The van der Waals surface area contributed by atoms with Gasteiger partial charge in [0.05, 0.1) is 16.2 Å². The van der Waals surface area contributed by atoms with Crippen LogP contribution in [0.2, 0.25) is 0 Å². The second-order valence-corrected chi connectivity index (χ2v) is 6.50. The average molecular weight is 345 g/mol. The topological polar surface area (TPSA) is 70.8 Å². The normalized spacial score (nSPS) is 16.4. The maximum absolute atomic E-state index is 12.6. The molecule has 0 atom stereocenters. The molecule has 1 aromatic carbocycles. The molecular formula is C16H11NO4S2. The van der Waals surface area contributed by atoms with E-state index in [-0.39, 0.29) is 11.5 Å². The molecule has 0 aliphatic carbocycles. The van der Waals surface area contributed by atoms with Crippen molar-refractivity contribution in [2.24, 2.45) is 0 Å². The molecule has 1 aromatic heterocycles. The number of rotatable bonds is 3. The number of furan rings is 1. The predicted octanol–water partition coefficient (Wildman–Crippen LogP) is 3.69. The summed E-state index contributed by atoms with van der Waals surface area (Å²) < 4.78 is 5.79. The average Bonchev–Trinajstić information content (AvgIpc) is 3.03. The molecule has 1 N–H and O–H groups in total. The molecule has 2 aromatic rings. The molecule has 3 rings (SSSR count). The Bertz CT molecular complexity index is 853. The number of carboxylic acid groups (broad SMARTS) is 1. The van der Waals surface area contributed by atoms with Crippen LogP contribution in [-0.2, 0) is 4.79 Å². The number of carboxylic acids is 1. The molecule has 0 spiro atoms. The van der Waals surface area contributed by atoms with Crippen LogP contribution in [0, 0.1) is 6.92 Å². The van der Waals surface area contributed by atoms with Crippen LogP contribution in [0.1, 0.15) is 21.9 Å². The molecule has 0 bridgehead atoms. The molecule has 23 heavy (non-hydrogen) atoms. The zero-order valence-electron chi connectivity index (χ0n) is 12.0. The monoisotopic (exact) mass is 345 g/mol. The van der Waals surface area contributed by atoms with Gasteiger partial charge in [0.15, 0.2) is 4.32 Å². The highest BCUT2D eigenvalue weighted by atomic mass is 32.2. The predicted molar refractivity (Wildman–Crippen MR) is 92.5 cm³/mol. The third-order valence-electron chi connectivity index (χ3n) is 3.18. The number of aromatic carboxylic acids is 1. The number of anilines is 1. The number of thioether (sulfide) groups is 1. The molecule has 1 aliphatic rings. The minimum Gasteiger partial charge on any atom is -0.478 e. The molecule has 1 fully saturated rings. The molecular weight excluding hydrogens is 334 g/mol. The van der Waals surface area contributed by atoms with E-state index in [0.717, 1.165) is 17.5 Å². The summed E-state index contributed by atoms with van der Waals surface area (Å²) in [7, 11) is 0. The van der Waals surface area contributed by atoms with Gasteiger partial charge in [-0.05, 0) is 37.3 Å². The Labute approximate surface area is 141 Å². The number of carbonyl (C=O) groups excluding carboxylic acids is 1. The van der Waals surface area contributed by atoms with Gasteiger partial charge in [-0.1, -0.05) is 30.0 Å². The SMILES string of the molecule is Cc1ccc(C=C2SC(=S)N(c3cccc(C(=O)O)c3)C2=O)o1.